The smallest absolute Gasteiger partial charge is 0.339 e. The molecule has 106 valence electrons. The molecule has 19 heavy (non-hydrogen) atoms. The zero-order valence-corrected chi connectivity index (χ0v) is 12.0. The van der Waals surface area contributed by atoms with Crippen molar-refractivity contribution < 1.29 is 19.4 Å². The van der Waals surface area contributed by atoms with Gasteiger partial charge in [0.15, 0.2) is 6.10 Å². The lowest BCUT2D eigenvalue weighted by Crippen LogP contribution is -2.25. The van der Waals surface area contributed by atoms with Gasteiger partial charge in [0, 0.05) is 13.5 Å². The Kier molecular flexibility index (Phi) is 5.51. The van der Waals surface area contributed by atoms with Crippen LogP contribution in [0.2, 0.25) is 0 Å². The van der Waals surface area contributed by atoms with Crippen LogP contribution in [0.1, 0.15) is 38.0 Å². The van der Waals surface area contributed by atoms with Gasteiger partial charge in [-0.1, -0.05) is 24.3 Å². The molecule has 1 aromatic carbocycles. The fourth-order valence-electron chi connectivity index (χ4n) is 1.79. The summed E-state index contributed by atoms with van der Waals surface area (Å²) in [5.41, 5.74) is 1.27. The van der Waals surface area contributed by atoms with E-state index in [1.807, 2.05) is 32.0 Å². The van der Waals surface area contributed by atoms with E-state index in [4.69, 9.17) is 9.47 Å². The second-order valence-electron chi connectivity index (χ2n) is 5.04. The van der Waals surface area contributed by atoms with Crippen molar-refractivity contribution in [3.8, 4) is 0 Å². The second-order valence-corrected chi connectivity index (χ2v) is 5.04. The van der Waals surface area contributed by atoms with Gasteiger partial charge in [-0.05, 0) is 31.9 Å². The number of esters is 1. The maximum absolute atomic E-state index is 11.5. The highest BCUT2D eigenvalue weighted by molar-refractivity contribution is 5.76. The van der Waals surface area contributed by atoms with Gasteiger partial charge in [0.2, 0.25) is 0 Å². The van der Waals surface area contributed by atoms with Crippen molar-refractivity contribution in [2.24, 2.45) is 0 Å². The number of ether oxygens (including phenoxy) is 2. The molecule has 1 aromatic rings. The minimum absolute atomic E-state index is 0.256. The first-order chi connectivity index (χ1) is 8.89. The van der Waals surface area contributed by atoms with E-state index in [1.54, 1.807) is 20.1 Å². The summed E-state index contributed by atoms with van der Waals surface area (Å²) in [6.45, 7) is 5.94. The Labute approximate surface area is 114 Å². The molecule has 0 aliphatic heterocycles. The average Bonchev–Trinajstić information content (AvgIpc) is 2.38. The number of aliphatic hydroxyl groups is 1. The van der Waals surface area contributed by atoms with E-state index in [1.165, 1.54) is 0 Å². The highest BCUT2D eigenvalue weighted by Gasteiger charge is 2.21. The topological polar surface area (TPSA) is 55.8 Å². The van der Waals surface area contributed by atoms with Crippen molar-refractivity contribution in [2.45, 2.75) is 38.9 Å². The first-order valence-electron chi connectivity index (χ1n) is 6.38. The van der Waals surface area contributed by atoms with Gasteiger partial charge in [0.1, 0.15) is 0 Å². The largest absolute Gasteiger partial charge is 0.464 e. The average molecular weight is 266 g/mol. The molecule has 1 rings (SSSR count). The van der Waals surface area contributed by atoms with Gasteiger partial charge < -0.3 is 14.6 Å². The molecule has 0 saturated carbocycles. The first-order valence-corrected chi connectivity index (χ1v) is 6.38. The number of rotatable bonds is 6. The molecule has 0 aromatic heterocycles. The van der Waals surface area contributed by atoms with Crippen molar-refractivity contribution in [1.29, 1.82) is 0 Å². The summed E-state index contributed by atoms with van der Waals surface area (Å²) >= 11 is 0. The molecule has 1 unspecified atom stereocenters. The SMILES string of the molecule is CCOC(=O)C(O)c1cccc(CC(C)(C)OC)c1. The number of hydrogen-bond donors (Lipinski definition) is 1. The molecule has 0 spiro atoms. The van der Waals surface area contributed by atoms with Gasteiger partial charge in [0.25, 0.3) is 0 Å². The minimum Gasteiger partial charge on any atom is -0.464 e. The summed E-state index contributed by atoms with van der Waals surface area (Å²) in [5.74, 6) is -0.620. The predicted molar refractivity (Wildman–Crippen MR) is 72.8 cm³/mol. The van der Waals surface area contributed by atoms with Gasteiger partial charge in [0.05, 0.1) is 12.2 Å². The Morgan fingerprint density at radius 3 is 2.68 bits per heavy atom. The molecule has 0 amide bonds. The Hall–Kier alpha value is -1.39. The van der Waals surface area contributed by atoms with Crippen LogP contribution in [0, 0.1) is 0 Å². The van der Waals surface area contributed by atoms with E-state index in [0.717, 1.165) is 5.56 Å². The summed E-state index contributed by atoms with van der Waals surface area (Å²) in [6.07, 6.45) is -0.530. The van der Waals surface area contributed by atoms with Crippen LogP contribution in [-0.2, 0) is 20.7 Å². The van der Waals surface area contributed by atoms with E-state index >= 15 is 0 Å². The number of aliphatic hydroxyl groups excluding tert-OH is 1. The maximum atomic E-state index is 11.5. The molecule has 0 aliphatic carbocycles. The highest BCUT2D eigenvalue weighted by Crippen LogP contribution is 2.20. The number of carbonyl (C=O) groups is 1. The quantitative estimate of drug-likeness (QED) is 0.802. The Morgan fingerprint density at radius 1 is 1.42 bits per heavy atom. The summed E-state index contributed by atoms with van der Waals surface area (Å²) < 4.78 is 10.2. The van der Waals surface area contributed by atoms with Crippen molar-refractivity contribution >= 4 is 5.97 Å². The Morgan fingerprint density at radius 2 is 2.11 bits per heavy atom. The number of carbonyl (C=O) groups excluding carboxylic acids is 1. The summed E-state index contributed by atoms with van der Waals surface area (Å²) in [6, 6.07) is 7.29. The zero-order chi connectivity index (χ0) is 14.5. The van der Waals surface area contributed by atoms with Gasteiger partial charge in [-0.25, -0.2) is 4.79 Å². The molecule has 4 nitrogen and oxygen atoms in total. The number of methoxy groups -OCH3 is 1. The van der Waals surface area contributed by atoms with Crippen molar-refractivity contribution in [1.82, 2.24) is 0 Å². The summed E-state index contributed by atoms with van der Waals surface area (Å²) in [5, 5.41) is 9.89. The van der Waals surface area contributed by atoms with Crippen LogP contribution in [0.4, 0.5) is 0 Å². The number of hydrogen-bond acceptors (Lipinski definition) is 4. The third-order valence-corrected chi connectivity index (χ3v) is 2.96. The molecule has 0 aliphatic rings. The zero-order valence-electron chi connectivity index (χ0n) is 12.0. The lowest BCUT2D eigenvalue weighted by Gasteiger charge is -2.23. The third kappa shape index (κ3) is 4.65. The molecular weight excluding hydrogens is 244 g/mol. The van der Waals surface area contributed by atoms with Crippen LogP contribution in [-0.4, -0.2) is 30.4 Å². The fraction of sp³-hybridized carbons (Fsp3) is 0.533. The minimum atomic E-state index is -1.23. The van der Waals surface area contributed by atoms with Crippen molar-refractivity contribution in [3.63, 3.8) is 0 Å². The summed E-state index contributed by atoms with van der Waals surface area (Å²) in [7, 11) is 1.66. The highest BCUT2D eigenvalue weighted by atomic mass is 16.5. The Bertz CT molecular complexity index is 426. The molecule has 0 saturated heterocycles. The molecule has 0 fully saturated rings. The normalized spacial score (nSPS) is 13.1. The van der Waals surface area contributed by atoms with Crippen LogP contribution in [0.25, 0.3) is 0 Å². The van der Waals surface area contributed by atoms with E-state index in [9.17, 15) is 9.90 Å². The van der Waals surface area contributed by atoms with Crippen molar-refractivity contribution in [3.05, 3.63) is 35.4 Å². The second kappa shape index (κ2) is 6.68. The van der Waals surface area contributed by atoms with Crippen LogP contribution >= 0.6 is 0 Å². The monoisotopic (exact) mass is 266 g/mol. The standard InChI is InChI=1S/C15H22O4/c1-5-19-14(17)13(16)12-8-6-7-11(9-12)10-15(2,3)18-4/h6-9,13,16H,5,10H2,1-4H3. The molecule has 4 heteroatoms. The predicted octanol–water partition coefficient (Wildman–Crippen LogP) is 2.25. The van der Waals surface area contributed by atoms with Crippen LogP contribution in [0.5, 0.6) is 0 Å². The third-order valence-electron chi connectivity index (χ3n) is 2.96. The lowest BCUT2D eigenvalue weighted by atomic mass is 9.96. The van der Waals surface area contributed by atoms with E-state index < -0.39 is 12.1 Å². The van der Waals surface area contributed by atoms with Gasteiger partial charge in [-0.2, -0.15) is 0 Å². The van der Waals surface area contributed by atoms with Crippen molar-refractivity contribution in [2.75, 3.05) is 13.7 Å². The Balaban J connectivity index is 2.85. The molecule has 0 heterocycles. The summed E-state index contributed by atoms with van der Waals surface area (Å²) in [4.78, 5) is 11.5. The van der Waals surface area contributed by atoms with E-state index in [0.29, 0.717) is 12.0 Å². The fourth-order valence-corrected chi connectivity index (χ4v) is 1.79. The molecule has 0 radical (unpaired) electrons. The first kappa shape index (κ1) is 15.7. The van der Waals surface area contributed by atoms with Gasteiger partial charge in [-0.3, -0.25) is 0 Å². The van der Waals surface area contributed by atoms with Crippen LogP contribution in [0.3, 0.4) is 0 Å². The molecule has 1 N–H and O–H groups in total. The molecule has 0 bridgehead atoms. The van der Waals surface area contributed by atoms with E-state index in [2.05, 4.69) is 0 Å². The van der Waals surface area contributed by atoms with Gasteiger partial charge in [-0.15, -0.1) is 0 Å². The van der Waals surface area contributed by atoms with E-state index in [-0.39, 0.29) is 12.2 Å². The number of benzene rings is 1. The molecular formula is C15H22O4. The van der Waals surface area contributed by atoms with Gasteiger partial charge >= 0.3 is 5.97 Å². The maximum Gasteiger partial charge on any atom is 0.339 e. The van der Waals surface area contributed by atoms with Crippen LogP contribution in [0.15, 0.2) is 24.3 Å². The molecule has 1 atom stereocenters. The lowest BCUT2D eigenvalue weighted by molar-refractivity contribution is -0.153. The van der Waals surface area contributed by atoms with Crippen LogP contribution < -0.4 is 0 Å².